The van der Waals surface area contributed by atoms with Gasteiger partial charge in [0.25, 0.3) is 0 Å². The van der Waals surface area contributed by atoms with Crippen LogP contribution >= 0.6 is 0 Å². The van der Waals surface area contributed by atoms with E-state index < -0.39 is 0 Å². The predicted octanol–water partition coefficient (Wildman–Crippen LogP) is 2.87. The summed E-state index contributed by atoms with van der Waals surface area (Å²) >= 11 is 0. The van der Waals surface area contributed by atoms with Gasteiger partial charge in [-0.1, -0.05) is 6.07 Å². The molecular formula is C21H23N5O. The summed E-state index contributed by atoms with van der Waals surface area (Å²) in [6, 6.07) is 12.0. The molecule has 0 radical (unpaired) electrons. The van der Waals surface area contributed by atoms with Gasteiger partial charge in [-0.05, 0) is 41.5 Å². The van der Waals surface area contributed by atoms with E-state index in [1.54, 1.807) is 19.5 Å². The van der Waals surface area contributed by atoms with Gasteiger partial charge in [0.05, 0.1) is 12.7 Å². The number of ether oxygens (including phenoxy) is 1. The molecule has 6 heteroatoms. The summed E-state index contributed by atoms with van der Waals surface area (Å²) < 4.78 is 5.57. The van der Waals surface area contributed by atoms with Gasteiger partial charge in [0.15, 0.2) is 5.82 Å². The Bertz CT molecular complexity index is 911. The average molecular weight is 361 g/mol. The minimum atomic E-state index is 0.666. The van der Waals surface area contributed by atoms with Crippen molar-refractivity contribution in [2.45, 2.75) is 0 Å². The molecule has 138 valence electrons. The van der Waals surface area contributed by atoms with Gasteiger partial charge in [-0.2, -0.15) is 0 Å². The average Bonchev–Trinajstić information content (AvgIpc) is 2.71. The van der Waals surface area contributed by atoms with Crippen molar-refractivity contribution in [2.75, 3.05) is 38.7 Å². The van der Waals surface area contributed by atoms with Crippen molar-refractivity contribution >= 4 is 5.82 Å². The fourth-order valence-electron chi connectivity index (χ4n) is 3.26. The maximum absolute atomic E-state index is 5.57. The van der Waals surface area contributed by atoms with Gasteiger partial charge < -0.3 is 15.0 Å². The lowest BCUT2D eigenvalue weighted by molar-refractivity contribution is 0.352. The molecule has 0 bridgehead atoms. The minimum absolute atomic E-state index is 0.666. The van der Waals surface area contributed by atoms with E-state index in [1.165, 1.54) is 0 Å². The third-order valence-electron chi connectivity index (χ3n) is 4.88. The first kappa shape index (κ1) is 17.4. The highest BCUT2D eigenvalue weighted by Gasteiger charge is 2.20. The first-order valence-corrected chi connectivity index (χ1v) is 9.08. The monoisotopic (exact) mass is 361 g/mol. The molecular weight excluding hydrogens is 338 g/mol. The number of rotatable bonds is 6. The molecule has 1 fully saturated rings. The summed E-state index contributed by atoms with van der Waals surface area (Å²) in [5, 5.41) is 3.31. The molecule has 27 heavy (non-hydrogen) atoms. The van der Waals surface area contributed by atoms with E-state index in [4.69, 9.17) is 9.72 Å². The largest absolute Gasteiger partial charge is 0.496 e. The lowest BCUT2D eigenvalue weighted by Crippen LogP contribution is -2.47. The molecule has 2 aromatic heterocycles. The topological polar surface area (TPSA) is 63.2 Å². The second kappa shape index (κ2) is 7.72. The number of anilines is 1. The first-order chi connectivity index (χ1) is 13.2. The Kier molecular flexibility index (Phi) is 4.98. The van der Waals surface area contributed by atoms with E-state index in [-0.39, 0.29) is 0 Å². The zero-order valence-corrected chi connectivity index (χ0v) is 15.6. The number of benzene rings is 1. The molecule has 0 amide bonds. The molecule has 0 unspecified atom stereocenters. The number of methoxy groups -OCH3 is 1. The van der Waals surface area contributed by atoms with Crippen molar-refractivity contribution in [1.82, 2.24) is 20.3 Å². The zero-order valence-electron chi connectivity index (χ0n) is 15.6. The molecule has 1 aliphatic rings. The van der Waals surface area contributed by atoms with Crippen LogP contribution in [0.5, 0.6) is 5.75 Å². The molecule has 0 saturated carbocycles. The number of aromatic nitrogens is 3. The highest BCUT2D eigenvalue weighted by atomic mass is 16.5. The Hall–Kier alpha value is -2.99. The van der Waals surface area contributed by atoms with E-state index in [2.05, 4.69) is 33.3 Å². The summed E-state index contributed by atoms with van der Waals surface area (Å²) in [7, 11) is 3.75. The van der Waals surface area contributed by atoms with Crippen LogP contribution in [-0.2, 0) is 0 Å². The van der Waals surface area contributed by atoms with E-state index in [0.717, 1.165) is 47.9 Å². The summed E-state index contributed by atoms with van der Waals surface area (Å²) in [6.45, 7) is 3.13. The fourth-order valence-corrected chi connectivity index (χ4v) is 3.26. The van der Waals surface area contributed by atoms with E-state index in [9.17, 15) is 0 Å². The Morgan fingerprint density at radius 3 is 2.59 bits per heavy atom. The number of hydrogen-bond acceptors (Lipinski definition) is 6. The van der Waals surface area contributed by atoms with Crippen molar-refractivity contribution in [3.8, 4) is 28.3 Å². The van der Waals surface area contributed by atoms with Gasteiger partial charge in [-0.25, -0.2) is 9.97 Å². The van der Waals surface area contributed by atoms with Gasteiger partial charge in [0.1, 0.15) is 11.6 Å². The molecule has 0 atom stereocenters. The van der Waals surface area contributed by atoms with Crippen LogP contribution in [0.2, 0.25) is 0 Å². The van der Waals surface area contributed by atoms with E-state index in [0.29, 0.717) is 11.7 Å². The van der Waals surface area contributed by atoms with Crippen molar-refractivity contribution in [3.63, 3.8) is 0 Å². The van der Waals surface area contributed by atoms with Gasteiger partial charge in [0, 0.05) is 51.2 Å². The van der Waals surface area contributed by atoms with Crippen LogP contribution in [-0.4, -0.2) is 48.7 Å². The lowest BCUT2D eigenvalue weighted by Gasteiger charge is -2.31. The highest BCUT2D eigenvalue weighted by molar-refractivity contribution is 5.74. The molecule has 3 aromatic rings. The quantitative estimate of drug-likeness (QED) is 0.728. The van der Waals surface area contributed by atoms with E-state index >= 15 is 0 Å². The second-order valence-electron chi connectivity index (χ2n) is 6.79. The zero-order chi connectivity index (χ0) is 18.6. The van der Waals surface area contributed by atoms with Gasteiger partial charge in [-0.3, -0.25) is 4.98 Å². The summed E-state index contributed by atoms with van der Waals surface area (Å²) in [5.74, 6) is 3.02. The van der Waals surface area contributed by atoms with Gasteiger partial charge in [-0.15, -0.1) is 0 Å². The molecule has 1 N–H and O–H groups in total. The Morgan fingerprint density at radius 1 is 1.07 bits per heavy atom. The first-order valence-electron chi connectivity index (χ1n) is 9.08. The molecule has 0 spiro atoms. The maximum Gasteiger partial charge on any atom is 0.165 e. The number of nitrogens with one attached hydrogen (secondary N) is 1. The van der Waals surface area contributed by atoms with Crippen LogP contribution in [0.4, 0.5) is 5.82 Å². The fraction of sp³-hybridized carbons (Fsp3) is 0.286. The standard InChI is InChI=1S/C21H23N5O/c1-26(14-15-12-23-13-15)20-7-10-24-21(25-20)18-11-17(3-4-19(18)27-2)16-5-8-22-9-6-16/h3-11,15,23H,12-14H2,1-2H3. The Balaban J connectivity index is 1.68. The molecule has 3 heterocycles. The molecule has 0 aliphatic carbocycles. The van der Waals surface area contributed by atoms with Crippen LogP contribution in [0, 0.1) is 5.92 Å². The molecule has 1 aliphatic heterocycles. The summed E-state index contributed by atoms with van der Waals surface area (Å²) in [6.07, 6.45) is 5.40. The third-order valence-corrected chi connectivity index (χ3v) is 4.88. The number of nitrogens with zero attached hydrogens (tertiary/aromatic N) is 4. The van der Waals surface area contributed by atoms with Crippen LogP contribution < -0.4 is 15.0 Å². The third kappa shape index (κ3) is 3.75. The van der Waals surface area contributed by atoms with Crippen molar-refractivity contribution in [1.29, 1.82) is 0 Å². The van der Waals surface area contributed by atoms with Gasteiger partial charge in [0.2, 0.25) is 0 Å². The molecule has 1 saturated heterocycles. The molecule has 1 aromatic carbocycles. The smallest absolute Gasteiger partial charge is 0.165 e. The number of hydrogen-bond donors (Lipinski definition) is 1. The Morgan fingerprint density at radius 2 is 1.89 bits per heavy atom. The lowest BCUT2D eigenvalue weighted by atomic mass is 10.0. The normalized spacial score (nSPS) is 13.9. The van der Waals surface area contributed by atoms with Crippen molar-refractivity contribution in [2.24, 2.45) is 5.92 Å². The molecule has 6 nitrogen and oxygen atoms in total. The van der Waals surface area contributed by atoms with Crippen molar-refractivity contribution < 1.29 is 4.74 Å². The van der Waals surface area contributed by atoms with Crippen LogP contribution in [0.3, 0.4) is 0 Å². The highest BCUT2D eigenvalue weighted by Crippen LogP contribution is 2.33. The van der Waals surface area contributed by atoms with Crippen LogP contribution in [0.25, 0.3) is 22.5 Å². The van der Waals surface area contributed by atoms with E-state index in [1.807, 2.05) is 36.5 Å². The summed E-state index contributed by atoms with van der Waals surface area (Å²) in [5.41, 5.74) is 3.06. The van der Waals surface area contributed by atoms with Crippen molar-refractivity contribution in [3.05, 3.63) is 55.0 Å². The molecule has 4 rings (SSSR count). The summed E-state index contributed by atoms with van der Waals surface area (Å²) in [4.78, 5) is 15.6. The minimum Gasteiger partial charge on any atom is -0.496 e. The second-order valence-corrected chi connectivity index (χ2v) is 6.79. The maximum atomic E-state index is 5.57. The Labute approximate surface area is 159 Å². The predicted molar refractivity (Wildman–Crippen MR) is 107 cm³/mol. The van der Waals surface area contributed by atoms with Gasteiger partial charge >= 0.3 is 0 Å². The SMILES string of the molecule is COc1ccc(-c2ccncc2)cc1-c1nccc(N(C)CC2CNC2)n1. The number of pyridine rings is 1. The van der Waals surface area contributed by atoms with Crippen LogP contribution in [0.15, 0.2) is 55.0 Å². The van der Waals surface area contributed by atoms with Crippen LogP contribution in [0.1, 0.15) is 0 Å².